The number of nitrogens with zero attached hydrogens (tertiary/aromatic N) is 1. The molecule has 6 nitrogen and oxygen atoms in total. The standard InChI is InChI=1S/C22H20FN3O3S/c23-20-4-2-1-3-15(20)14-26-30(28,29)18-7-5-16(6-8-18)22(13-19(22)21(24)27)17-9-11-25-12-10-17/h1-12,19,26H,13-14H2,(H2,24,27). The van der Waals surface area contributed by atoms with Crippen LogP contribution < -0.4 is 10.5 Å². The second kappa shape index (κ2) is 7.62. The van der Waals surface area contributed by atoms with Crippen molar-refractivity contribution in [1.82, 2.24) is 9.71 Å². The Hall–Kier alpha value is -3.10. The smallest absolute Gasteiger partial charge is 0.240 e. The highest BCUT2D eigenvalue weighted by molar-refractivity contribution is 7.89. The first-order valence-corrected chi connectivity index (χ1v) is 10.9. The van der Waals surface area contributed by atoms with E-state index in [4.69, 9.17) is 5.73 Å². The molecular weight excluding hydrogens is 405 g/mol. The molecule has 1 saturated carbocycles. The minimum atomic E-state index is -3.83. The zero-order valence-corrected chi connectivity index (χ0v) is 16.8. The van der Waals surface area contributed by atoms with Crippen LogP contribution in [0, 0.1) is 11.7 Å². The van der Waals surface area contributed by atoms with Crippen molar-refractivity contribution in [2.24, 2.45) is 11.7 Å². The molecule has 8 heteroatoms. The molecule has 3 aromatic rings. The third kappa shape index (κ3) is 3.59. The second-order valence-corrected chi connectivity index (χ2v) is 9.07. The number of primary amides is 1. The quantitative estimate of drug-likeness (QED) is 0.607. The monoisotopic (exact) mass is 425 g/mol. The molecule has 1 aromatic heterocycles. The third-order valence-corrected chi connectivity index (χ3v) is 7.01. The topological polar surface area (TPSA) is 102 Å². The maximum Gasteiger partial charge on any atom is 0.240 e. The van der Waals surface area contributed by atoms with E-state index in [0.717, 1.165) is 11.1 Å². The Balaban J connectivity index is 1.59. The molecule has 1 heterocycles. The number of benzene rings is 2. The molecule has 0 aliphatic heterocycles. The van der Waals surface area contributed by atoms with Crippen molar-refractivity contribution in [3.63, 3.8) is 0 Å². The van der Waals surface area contributed by atoms with Gasteiger partial charge in [0.1, 0.15) is 5.82 Å². The van der Waals surface area contributed by atoms with Crippen LogP contribution in [0.2, 0.25) is 0 Å². The lowest BCUT2D eigenvalue weighted by atomic mass is 9.86. The molecule has 1 aliphatic carbocycles. The van der Waals surface area contributed by atoms with Gasteiger partial charge >= 0.3 is 0 Å². The second-order valence-electron chi connectivity index (χ2n) is 7.31. The number of carbonyl (C=O) groups excluding carboxylic acids is 1. The zero-order chi connectivity index (χ0) is 21.4. The van der Waals surface area contributed by atoms with E-state index in [2.05, 4.69) is 9.71 Å². The van der Waals surface area contributed by atoms with E-state index in [1.165, 1.54) is 24.3 Å². The van der Waals surface area contributed by atoms with Gasteiger partial charge in [0.15, 0.2) is 0 Å². The highest BCUT2D eigenvalue weighted by Crippen LogP contribution is 2.58. The molecule has 0 radical (unpaired) electrons. The van der Waals surface area contributed by atoms with E-state index < -0.39 is 27.2 Å². The van der Waals surface area contributed by atoms with Crippen LogP contribution in [-0.2, 0) is 26.8 Å². The Morgan fingerprint density at radius 2 is 1.70 bits per heavy atom. The van der Waals surface area contributed by atoms with Crippen molar-refractivity contribution in [1.29, 1.82) is 0 Å². The van der Waals surface area contributed by atoms with E-state index in [1.807, 2.05) is 12.1 Å². The van der Waals surface area contributed by atoms with Gasteiger partial charge in [-0.1, -0.05) is 30.3 Å². The van der Waals surface area contributed by atoms with Gasteiger partial charge in [0.2, 0.25) is 15.9 Å². The van der Waals surface area contributed by atoms with Gasteiger partial charge in [-0.05, 0) is 47.9 Å². The summed E-state index contributed by atoms with van der Waals surface area (Å²) in [6, 6.07) is 16.0. The minimum absolute atomic E-state index is 0.0590. The summed E-state index contributed by atoms with van der Waals surface area (Å²) < 4.78 is 41.4. The lowest BCUT2D eigenvalue weighted by molar-refractivity contribution is -0.119. The van der Waals surface area contributed by atoms with E-state index in [0.29, 0.717) is 6.42 Å². The van der Waals surface area contributed by atoms with Gasteiger partial charge in [0.25, 0.3) is 0 Å². The lowest BCUT2D eigenvalue weighted by Gasteiger charge is -2.18. The Morgan fingerprint density at radius 3 is 2.30 bits per heavy atom. The van der Waals surface area contributed by atoms with Crippen molar-refractivity contribution < 1.29 is 17.6 Å². The third-order valence-electron chi connectivity index (χ3n) is 5.59. The number of hydrogen-bond acceptors (Lipinski definition) is 4. The number of rotatable bonds is 7. The number of pyridine rings is 1. The van der Waals surface area contributed by atoms with Gasteiger partial charge < -0.3 is 5.73 Å². The summed E-state index contributed by atoms with van der Waals surface area (Å²) in [6.07, 6.45) is 3.86. The van der Waals surface area contributed by atoms with Crippen LogP contribution in [-0.4, -0.2) is 19.3 Å². The van der Waals surface area contributed by atoms with Gasteiger partial charge in [0, 0.05) is 29.9 Å². The summed E-state index contributed by atoms with van der Waals surface area (Å²) in [4.78, 5) is 15.9. The average molecular weight is 425 g/mol. The first-order valence-electron chi connectivity index (χ1n) is 9.38. The number of amides is 1. The fourth-order valence-electron chi connectivity index (χ4n) is 3.89. The molecular formula is C22H20FN3O3S. The molecule has 3 N–H and O–H groups in total. The van der Waals surface area contributed by atoms with E-state index in [9.17, 15) is 17.6 Å². The number of nitrogens with two attached hydrogens (primary N) is 1. The summed E-state index contributed by atoms with van der Waals surface area (Å²) in [5.41, 5.74) is 6.97. The average Bonchev–Trinajstić information content (AvgIpc) is 3.51. The fraction of sp³-hybridized carbons (Fsp3) is 0.182. The van der Waals surface area contributed by atoms with Crippen LogP contribution in [0.15, 0.2) is 78.0 Å². The first-order chi connectivity index (χ1) is 14.3. The largest absolute Gasteiger partial charge is 0.369 e. The molecule has 1 amide bonds. The molecule has 154 valence electrons. The maximum atomic E-state index is 13.7. The lowest BCUT2D eigenvalue weighted by Crippen LogP contribution is -2.24. The van der Waals surface area contributed by atoms with Gasteiger partial charge in [-0.2, -0.15) is 0 Å². The van der Waals surface area contributed by atoms with Crippen molar-refractivity contribution in [3.8, 4) is 0 Å². The van der Waals surface area contributed by atoms with E-state index >= 15 is 0 Å². The summed E-state index contributed by atoms with van der Waals surface area (Å²) in [7, 11) is -3.83. The summed E-state index contributed by atoms with van der Waals surface area (Å²) in [5, 5.41) is 0. The Labute approximate surface area is 174 Å². The molecule has 30 heavy (non-hydrogen) atoms. The summed E-state index contributed by atoms with van der Waals surface area (Å²) in [5.74, 6) is -1.22. The fourth-order valence-corrected chi connectivity index (χ4v) is 4.90. The van der Waals surface area contributed by atoms with Crippen molar-refractivity contribution in [3.05, 3.63) is 95.6 Å². The van der Waals surface area contributed by atoms with Crippen LogP contribution >= 0.6 is 0 Å². The molecule has 2 atom stereocenters. The Bertz CT molecular complexity index is 1180. The summed E-state index contributed by atoms with van der Waals surface area (Å²) in [6.45, 7) is -0.151. The highest BCUT2D eigenvalue weighted by Gasteiger charge is 2.59. The number of halogens is 1. The van der Waals surface area contributed by atoms with Gasteiger partial charge in [-0.3, -0.25) is 9.78 Å². The number of hydrogen-bond donors (Lipinski definition) is 2. The predicted octanol–water partition coefficient (Wildman–Crippen LogP) is 2.49. The summed E-state index contributed by atoms with van der Waals surface area (Å²) >= 11 is 0. The van der Waals surface area contributed by atoms with Gasteiger partial charge in [0.05, 0.1) is 10.8 Å². The molecule has 4 rings (SSSR count). The van der Waals surface area contributed by atoms with Crippen LogP contribution in [0.3, 0.4) is 0 Å². The first kappa shape index (κ1) is 20.2. The van der Waals surface area contributed by atoms with Crippen molar-refractivity contribution in [2.75, 3.05) is 0 Å². The molecule has 0 bridgehead atoms. The van der Waals surface area contributed by atoms with E-state index in [1.54, 1.807) is 36.7 Å². The van der Waals surface area contributed by atoms with Crippen LogP contribution in [0.25, 0.3) is 0 Å². The van der Waals surface area contributed by atoms with Gasteiger partial charge in [-0.25, -0.2) is 17.5 Å². The van der Waals surface area contributed by atoms with E-state index in [-0.39, 0.29) is 22.9 Å². The maximum absolute atomic E-state index is 13.7. The molecule has 0 saturated heterocycles. The molecule has 2 unspecified atom stereocenters. The molecule has 1 fully saturated rings. The molecule has 1 aliphatic rings. The minimum Gasteiger partial charge on any atom is -0.369 e. The van der Waals surface area contributed by atoms with Crippen LogP contribution in [0.1, 0.15) is 23.1 Å². The normalized spacial score (nSPS) is 20.6. The predicted molar refractivity (Wildman–Crippen MR) is 109 cm³/mol. The highest BCUT2D eigenvalue weighted by atomic mass is 32.2. The SMILES string of the molecule is NC(=O)C1CC1(c1ccncc1)c1ccc(S(=O)(=O)NCc2ccccc2F)cc1. The Kier molecular flexibility index (Phi) is 5.13. The Morgan fingerprint density at radius 1 is 1.07 bits per heavy atom. The zero-order valence-electron chi connectivity index (χ0n) is 16.0. The van der Waals surface area contributed by atoms with Crippen molar-refractivity contribution in [2.45, 2.75) is 23.3 Å². The van der Waals surface area contributed by atoms with Crippen LogP contribution in [0.5, 0.6) is 0 Å². The number of carbonyl (C=O) groups is 1. The number of aromatic nitrogens is 1. The van der Waals surface area contributed by atoms with Gasteiger partial charge in [-0.15, -0.1) is 0 Å². The number of sulfonamides is 1. The molecule has 2 aromatic carbocycles. The number of nitrogens with one attached hydrogen (secondary N) is 1. The van der Waals surface area contributed by atoms with Crippen molar-refractivity contribution >= 4 is 15.9 Å². The van der Waals surface area contributed by atoms with Crippen LogP contribution in [0.4, 0.5) is 4.39 Å². The molecule has 0 spiro atoms.